The topological polar surface area (TPSA) is 83.1 Å². The lowest BCUT2D eigenvalue weighted by molar-refractivity contribution is -0.139. The molecule has 0 fully saturated rings. The minimum absolute atomic E-state index is 0.0392. The highest BCUT2D eigenvalue weighted by atomic mass is 28.4. The van der Waals surface area contributed by atoms with Crippen LogP contribution < -0.4 is 5.32 Å². The third kappa shape index (κ3) is 14.6. The molecule has 0 heterocycles. The number of esters is 1. The van der Waals surface area contributed by atoms with Crippen LogP contribution >= 0.6 is 0 Å². The van der Waals surface area contributed by atoms with Gasteiger partial charge in [-0.05, 0) is 25.9 Å². The van der Waals surface area contributed by atoms with Crippen LogP contribution in [0.1, 0.15) is 58.3 Å². The monoisotopic (exact) mass is 417 g/mol. The maximum Gasteiger partial charge on any atom is 0.407 e. The van der Waals surface area contributed by atoms with Crippen molar-refractivity contribution in [3.8, 4) is 0 Å². The quantitative estimate of drug-likeness (QED) is 0.164. The first-order chi connectivity index (χ1) is 13.3. The molecule has 0 saturated carbocycles. The Morgan fingerprint density at radius 1 is 0.857 bits per heavy atom. The number of unbranched alkanes of at least 4 members (excludes halogenated alkanes) is 7. The second-order valence-corrected chi connectivity index (χ2v) is 10.7. The zero-order valence-corrected chi connectivity index (χ0v) is 19.1. The first-order valence-electron chi connectivity index (χ1n) is 10.2. The van der Waals surface area contributed by atoms with Gasteiger partial charge in [0.05, 0.1) is 0 Å². The van der Waals surface area contributed by atoms with Crippen LogP contribution in [0.4, 0.5) is 4.79 Å². The minimum atomic E-state index is -1.89. The lowest BCUT2D eigenvalue weighted by Crippen LogP contribution is -2.35. The molecule has 1 N–H and O–H groups in total. The first kappa shape index (κ1) is 26.6. The molecule has 8 heteroatoms. The molecule has 0 radical (unpaired) electrons. The Hall–Kier alpha value is -1.38. The van der Waals surface area contributed by atoms with Gasteiger partial charge < -0.3 is 23.6 Å². The second kappa shape index (κ2) is 16.6. The second-order valence-electron chi connectivity index (χ2n) is 7.10. The number of amides is 1. The zero-order valence-electron chi connectivity index (χ0n) is 18.1. The molecule has 1 amide bonds. The van der Waals surface area contributed by atoms with E-state index >= 15 is 0 Å². The molecule has 0 aromatic heterocycles. The summed E-state index contributed by atoms with van der Waals surface area (Å²) in [7, 11) is 1.60. The van der Waals surface area contributed by atoms with Crippen molar-refractivity contribution in [2.24, 2.45) is 0 Å². The standard InChI is InChI=1S/C20H39NO6Si/c1-18(2)19(22)26-15-16-27-20(23)21-14-12-10-8-6-7-9-11-13-17-28(5,24-3)25-4/h1,6-17H2,2-5H3,(H,21,23). The molecule has 28 heavy (non-hydrogen) atoms. The smallest absolute Gasteiger partial charge is 0.407 e. The maximum absolute atomic E-state index is 11.5. The average Bonchev–Trinajstić information content (AvgIpc) is 2.68. The van der Waals surface area contributed by atoms with Gasteiger partial charge in [0.25, 0.3) is 0 Å². The number of rotatable bonds is 17. The Bertz CT molecular complexity index is 454. The van der Waals surface area contributed by atoms with Crippen LogP contribution in [-0.4, -0.2) is 54.6 Å². The van der Waals surface area contributed by atoms with Gasteiger partial charge in [-0.1, -0.05) is 51.5 Å². The average molecular weight is 418 g/mol. The first-order valence-corrected chi connectivity index (χ1v) is 12.7. The van der Waals surface area contributed by atoms with E-state index in [4.69, 9.17) is 18.3 Å². The Morgan fingerprint density at radius 3 is 1.89 bits per heavy atom. The molecule has 0 unspecified atom stereocenters. The van der Waals surface area contributed by atoms with Crippen molar-refractivity contribution in [1.82, 2.24) is 5.32 Å². The Morgan fingerprint density at radius 2 is 1.36 bits per heavy atom. The SMILES string of the molecule is C=C(C)C(=O)OCCOC(=O)NCCCCCCCCCC[Si](C)(OC)OC. The van der Waals surface area contributed by atoms with Crippen molar-refractivity contribution in [3.63, 3.8) is 0 Å². The van der Waals surface area contributed by atoms with E-state index in [0.717, 1.165) is 18.9 Å². The Labute approximate surface area is 171 Å². The summed E-state index contributed by atoms with van der Waals surface area (Å²) in [5, 5.41) is 2.70. The molecule has 0 aliphatic rings. The van der Waals surface area contributed by atoms with Crippen LogP contribution in [0.5, 0.6) is 0 Å². The van der Waals surface area contributed by atoms with E-state index in [1.807, 2.05) is 0 Å². The van der Waals surface area contributed by atoms with Crippen molar-refractivity contribution < 1.29 is 27.9 Å². The van der Waals surface area contributed by atoms with Crippen molar-refractivity contribution >= 4 is 20.6 Å². The van der Waals surface area contributed by atoms with Gasteiger partial charge in [-0.15, -0.1) is 0 Å². The number of ether oxygens (including phenoxy) is 2. The molecule has 7 nitrogen and oxygen atoms in total. The normalized spacial score (nSPS) is 11.1. The molecule has 0 aromatic carbocycles. The lowest BCUT2D eigenvalue weighted by atomic mass is 10.1. The highest BCUT2D eigenvalue weighted by Gasteiger charge is 2.27. The zero-order chi connectivity index (χ0) is 21.3. The molecule has 0 rings (SSSR count). The van der Waals surface area contributed by atoms with E-state index in [9.17, 15) is 9.59 Å². The maximum atomic E-state index is 11.5. The third-order valence-corrected chi connectivity index (χ3v) is 7.58. The molecule has 0 atom stereocenters. The van der Waals surface area contributed by atoms with E-state index in [-0.39, 0.29) is 13.2 Å². The number of alkyl carbamates (subject to hydrolysis) is 1. The van der Waals surface area contributed by atoms with Gasteiger partial charge in [0.2, 0.25) is 0 Å². The molecule has 0 aliphatic carbocycles. The summed E-state index contributed by atoms with van der Waals surface area (Å²) >= 11 is 0. The molecule has 0 aliphatic heterocycles. The number of hydrogen-bond acceptors (Lipinski definition) is 6. The summed E-state index contributed by atoms with van der Waals surface area (Å²) < 4.78 is 20.7. The van der Waals surface area contributed by atoms with Gasteiger partial charge in [0, 0.05) is 26.3 Å². The molecule has 0 bridgehead atoms. The predicted molar refractivity (Wildman–Crippen MR) is 113 cm³/mol. The van der Waals surface area contributed by atoms with E-state index in [1.165, 1.54) is 38.5 Å². The molecule has 0 aromatic rings. The Balaban J connectivity index is 3.38. The van der Waals surface area contributed by atoms with Crippen LogP contribution in [0, 0.1) is 0 Å². The predicted octanol–water partition coefficient (Wildman–Crippen LogP) is 4.32. The van der Waals surface area contributed by atoms with Crippen molar-refractivity contribution in [3.05, 3.63) is 12.2 Å². The van der Waals surface area contributed by atoms with Gasteiger partial charge >= 0.3 is 20.6 Å². The van der Waals surface area contributed by atoms with Gasteiger partial charge in [0.1, 0.15) is 13.2 Å². The fourth-order valence-corrected chi connectivity index (χ4v) is 4.02. The van der Waals surface area contributed by atoms with E-state index in [0.29, 0.717) is 12.1 Å². The van der Waals surface area contributed by atoms with Crippen LogP contribution in [0.25, 0.3) is 0 Å². The number of nitrogens with one attached hydrogen (secondary N) is 1. The molecule has 164 valence electrons. The summed E-state index contributed by atoms with van der Waals surface area (Å²) in [5.41, 5.74) is 0.325. The largest absolute Gasteiger partial charge is 0.459 e. The summed E-state index contributed by atoms with van der Waals surface area (Å²) in [6.07, 6.45) is 8.84. The van der Waals surface area contributed by atoms with E-state index in [1.54, 1.807) is 21.1 Å². The van der Waals surface area contributed by atoms with Gasteiger partial charge in [-0.25, -0.2) is 9.59 Å². The van der Waals surface area contributed by atoms with Crippen LogP contribution in [-0.2, 0) is 23.1 Å². The minimum Gasteiger partial charge on any atom is -0.459 e. The van der Waals surface area contributed by atoms with Gasteiger partial charge in [-0.3, -0.25) is 0 Å². The molecule has 0 spiro atoms. The number of carbonyl (C=O) groups is 2. The van der Waals surface area contributed by atoms with Crippen LogP contribution in [0.15, 0.2) is 12.2 Å². The summed E-state index contributed by atoms with van der Waals surface area (Å²) in [6, 6.07) is 1.05. The summed E-state index contributed by atoms with van der Waals surface area (Å²) in [4.78, 5) is 22.6. The summed E-state index contributed by atoms with van der Waals surface area (Å²) in [5.74, 6) is -0.478. The van der Waals surface area contributed by atoms with Crippen LogP contribution in [0.2, 0.25) is 12.6 Å². The van der Waals surface area contributed by atoms with Crippen molar-refractivity contribution in [1.29, 1.82) is 0 Å². The fourth-order valence-electron chi connectivity index (χ4n) is 2.55. The molecular weight excluding hydrogens is 378 g/mol. The van der Waals surface area contributed by atoms with Gasteiger partial charge in [0.15, 0.2) is 0 Å². The molecule has 0 saturated heterocycles. The Kier molecular flexibility index (Phi) is 15.7. The van der Waals surface area contributed by atoms with E-state index in [2.05, 4.69) is 18.4 Å². The van der Waals surface area contributed by atoms with Gasteiger partial charge in [-0.2, -0.15) is 0 Å². The number of carbonyl (C=O) groups excluding carboxylic acids is 2. The highest BCUT2D eigenvalue weighted by molar-refractivity contribution is 6.65. The van der Waals surface area contributed by atoms with Crippen LogP contribution in [0.3, 0.4) is 0 Å². The number of hydrogen-bond donors (Lipinski definition) is 1. The van der Waals surface area contributed by atoms with Crippen molar-refractivity contribution in [2.45, 2.75) is 70.9 Å². The lowest BCUT2D eigenvalue weighted by Gasteiger charge is -2.22. The highest BCUT2D eigenvalue weighted by Crippen LogP contribution is 2.17. The third-order valence-electron chi connectivity index (χ3n) is 4.59. The molecular formula is C20H39NO6Si. The summed E-state index contributed by atoms with van der Waals surface area (Å²) in [6.45, 7) is 7.83. The van der Waals surface area contributed by atoms with Crippen molar-refractivity contribution in [2.75, 3.05) is 34.0 Å². The fraction of sp³-hybridized carbons (Fsp3) is 0.800. The van der Waals surface area contributed by atoms with E-state index < -0.39 is 20.6 Å².